The summed E-state index contributed by atoms with van der Waals surface area (Å²) in [6, 6.07) is 7.31. The fourth-order valence-electron chi connectivity index (χ4n) is 2.60. The highest BCUT2D eigenvalue weighted by Gasteiger charge is 2.22. The van der Waals surface area contributed by atoms with Crippen LogP contribution in [0.4, 0.5) is 4.79 Å². The van der Waals surface area contributed by atoms with Crippen molar-refractivity contribution in [2.75, 3.05) is 13.1 Å². The van der Waals surface area contributed by atoms with Gasteiger partial charge < -0.3 is 21.3 Å². The number of amides is 3. The molecule has 0 aliphatic carbocycles. The van der Waals surface area contributed by atoms with Crippen molar-refractivity contribution >= 4 is 24.3 Å². The van der Waals surface area contributed by atoms with Gasteiger partial charge in [-0.3, -0.25) is 4.79 Å². The maximum Gasteiger partial charge on any atom is 0.315 e. The van der Waals surface area contributed by atoms with E-state index in [2.05, 4.69) is 21.3 Å². The van der Waals surface area contributed by atoms with Crippen LogP contribution in [0, 0.1) is 12.8 Å². The third kappa shape index (κ3) is 10.8. The lowest BCUT2D eigenvalue weighted by Gasteiger charge is -2.22. The van der Waals surface area contributed by atoms with Gasteiger partial charge in [-0.25, -0.2) is 4.79 Å². The van der Waals surface area contributed by atoms with Crippen LogP contribution in [0.5, 0.6) is 0 Å². The van der Waals surface area contributed by atoms with Gasteiger partial charge in [0.2, 0.25) is 5.91 Å². The summed E-state index contributed by atoms with van der Waals surface area (Å²) in [4.78, 5) is 24.7. The van der Waals surface area contributed by atoms with E-state index < -0.39 is 6.04 Å². The van der Waals surface area contributed by atoms with Gasteiger partial charge >= 0.3 is 6.03 Å². The number of halogens is 1. The first-order valence-electron chi connectivity index (χ1n) is 9.42. The van der Waals surface area contributed by atoms with E-state index in [1.165, 1.54) is 5.56 Å². The molecule has 0 bridgehead atoms. The highest BCUT2D eigenvalue weighted by atomic mass is 35.5. The third-order valence-corrected chi connectivity index (χ3v) is 4.04. The molecule has 1 aromatic rings. The topological polar surface area (TPSA) is 82.3 Å². The molecule has 0 radical (unpaired) electrons. The molecule has 0 aromatic heterocycles. The average molecular weight is 399 g/mol. The minimum absolute atomic E-state index is 0. The zero-order chi connectivity index (χ0) is 19.5. The van der Waals surface area contributed by atoms with E-state index in [1.54, 1.807) is 0 Å². The fraction of sp³-hybridized carbons (Fsp3) is 0.600. The molecule has 1 unspecified atom stereocenters. The fourth-order valence-corrected chi connectivity index (χ4v) is 2.60. The van der Waals surface area contributed by atoms with Gasteiger partial charge in [0.15, 0.2) is 0 Å². The van der Waals surface area contributed by atoms with Crippen molar-refractivity contribution in [2.45, 2.75) is 59.7 Å². The highest BCUT2D eigenvalue weighted by molar-refractivity contribution is 5.87. The Morgan fingerprint density at radius 2 is 1.67 bits per heavy atom. The smallest absolute Gasteiger partial charge is 0.315 e. The average Bonchev–Trinajstić information content (AvgIpc) is 2.58. The van der Waals surface area contributed by atoms with Crippen LogP contribution in [0.15, 0.2) is 24.3 Å². The molecule has 0 aliphatic heterocycles. The van der Waals surface area contributed by atoms with Crippen LogP contribution in [0.25, 0.3) is 0 Å². The van der Waals surface area contributed by atoms with Crippen molar-refractivity contribution in [1.29, 1.82) is 0 Å². The number of hydrogen-bond donors (Lipinski definition) is 4. The normalized spacial score (nSPS) is 12.7. The molecular formula is C20H35ClN4O2. The largest absolute Gasteiger partial charge is 0.353 e. The summed E-state index contributed by atoms with van der Waals surface area (Å²) < 4.78 is 0. The van der Waals surface area contributed by atoms with Crippen molar-refractivity contribution in [1.82, 2.24) is 21.3 Å². The first-order chi connectivity index (χ1) is 12.3. The van der Waals surface area contributed by atoms with Gasteiger partial charge in [0.25, 0.3) is 0 Å². The SMILES string of the molecule is CCN[C@H](C)CNC(=O)C(CC(C)C)NC(=O)NCc1ccc(C)cc1.Cl. The molecule has 0 heterocycles. The minimum Gasteiger partial charge on any atom is -0.353 e. The molecule has 0 saturated carbocycles. The van der Waals surface area contributed by atoms with Gasteiger partial charge in [-0.2, -0.15) is 0 Å². The molecule has 6 nitrogen and oxygen atoms in total. The highest BCUT2D eigenvalue weighted by Crippen LogP contribution is 2.06. The lowest BCUT2D eigenvalue weighted by molar-refractivity contribution is -0.123. The number of nitrogens with one attached hydrogen (secondary N) is 4. The van der Waals surface area contributed by atoms with Crippen LogP contribution in [0.2, 0.25) is 0 Å². The quantitative estimate of drug-likeness (QED) is 0.489. The van der Waals surface area contributed by atoms with E-state index in [4.69, 9.17) is 0 Å². The van der Waals surface area contributed by atoms with E-state index in [-0.39, 0.29) is 30.4 Å². The summed E-state index contributed by atoms with van der Waals surface area (Å²) in [7, 11) is 0. The van der Waals surface area contributed by atoms with Crippen LogP contribution in [-0.4, -0.2) is 37.1 Å². The second-order valence-corrected chi connectivity index (χ2v) is 7.20. The summed E-state index contributed by atoms with van der Waals surface area (Å²) >= 11 is 0. The van der Waals surface area contributed by atoms with Crippen molar-refractivity contribution in [2.24, 2.45) is 5.92 Å². The van der Waals surface area contributed by atoms with Crippen LogP contribution in [0.1, 0.15) is 45.2 Å². The summed E-state index contributed by atoms with van der Waals surface area (Å²) in [5, 5.41) is 11.8. The summed E-state index contributed by atoms with van der Waals surface area (Å²) in [5.74, 6) is 0.156. The van der Waals surface area contributed by atoms with E-state index >= 15 is 0 Å². The van der Waals surface area contributed by atoms with E-state index in [0.717, 1.165) is 12.1 Å². The molecule has 0 saturated heterocycles. The maximum atomic E-state index is 12.5. The van der Waals surface area contributed by atoms with Crippen LogP contribution in [-0.2, 0) is 11.3 Å². The van der Waals surface area contributed by atoms with E-state index in [0.29, 0.717) is 25.4 Å². The molecular weight excluding hydrogens is 364 g/mol. The second-order valence-electron chi connectivity index (χ2n) is 7.20. The number of benzene rings is 1. The monoisotopic (exact) mass is 398 g/mol. The lowest BCUT2D eigenvalue weighted by Crippen LogP contribution is -2.52. The molecule has 154 valence electrons. The van der Waals surface area contributed by atoms with Gasteiger partial charge in [0, 0.05) is 19.1 Å². The Morgan fingerprint density at radius 3 is 2.22 bits per heavy atom. The number of carbonyl (C=O) groups is 2. The van der Waals surface area contributed by atoms with Crippen molar-refractivity contribution in [3.63, 3.8) is 0 Å². The van der Waals surface area contributed by atoms with Crippen LogP contribution >= 0.6 is 12.4 Å². The van der Waals surface area contributed by atoms with Gasteiger partial charge in [0.05, 0.1) is 0 Å². The number of rotatable bonds is 10. The number of aryl methyl sites for hydroxylation is 1. The zero-order valence-corrected chi connectivity index (χ0v) is 17.9. The molecule has 4 N–H and O–H groups in total. The second kappa shape index (κ2) is 13.4. The Balaban J connectivity index is 0.00000676. The van der Waals surface area contributed by atoms with E-state index in [1.807, 2.05) is 58.9 Å². The molecule has 2 atom stereocenters. The summed E-state index contributed by atoms with van der Waals surface area (Å²) in [6.45, 7) is 12.0. The van der Waals surface area contributed by atoms with Gasteiger partial charge in [-0.05, 0) is 38.3 Å². The molecule has 0 aliphatic rings. The zero-order valence-electron chi connectivity index (χ0n) is 17.1. The maximum absolute atomic E-state index is 12.5. The van der Waals surface area contributed by atoms with Crippen molar-refractivity contribution < 1.29 is 9.59 Å². The Bertz CT molecular complexity index is 564. The Morgan fingerprint density at radius 1 is 1.04 bits per heavy atom. The molecule has 0 spiro atoms. The van der Waals surface area contributed by atoms with Gasteiger partial charge in [-0.1, -0.05) is 50.6 Å². The summed E-state index contributed by atoms with van der Waals surface area (Å²) in [6.07, 6.45) is 0.597. The van der Waals surface area contributed by atoms with Gasteiger partial charge in [0.1, 0.15) is 6.04 Å². The number of hydrogen-bond acceptors (Lipinski definition) is 3. The molecule has 1 rings (SSSR count). The minimum atomic E-state index is -0.540. The predicted molar refractivity (Wildman–Crippen MR) is 113 cm³/mol. The van der Waals surface area contributed by atoms with Gasteiger partial charge in [-0.15, -0.1) is 12.4 Å². The Hall–Kier alpha value is -1.79. The Kier molecular flexibility index (Phi) is 12.5. The molecule has 27 heavy (non-hydrogen) atoms. The molecule has 7 heteroatoms. The molecule has 3 amide bonds. The first kappa shape index (κ1) is 25.2. The number of carbonyl (C=O) groups excluding carboxylic acids is 2. The number of likely N-dealkylation sites (N-methyl/N-ethyl adjacent to an activating group) is 1. The molecule has 1 aromatic carbocycles. The predicted octanol–water partition coefficient (Wildman–Crippen LogP) is 2.74. The Labute approximate surface area is 169 Å². The van der Waals surface area contributed by atoms with Crippen molar-refractivity contribution in [3.05, 3.63) is 35.4 Å². The number of urea groups is 1. The third-order valence-electron chi connectivity index (χ3n) is 4.04. The first-order valence-corrected chi connectivity index (χ1v) is 9.42. The van der Waals surface area contributed by atoms with E-state index in [9.17, 15) is 9.59 Å². The summed E-state index contributed by atoms with van der Waals surface area (Å²) in [5.41, 5.74) is 2.20. The van der Waals surface area contributed by atoms with Crippen LogP contribution < -0.4 is 21.3 Å². The van der Waals surface area contributed by atoms with Crippen LogP contribution in [0.3, 0.4) is 0 Å². The van der Waals surface area contributed by atoms with Crippen molar-refractivity contribution in [3.8, 4) is 0 Å². The standard InChI is InChI=1S/C20H34N4O2.ClH/c1-6-21-16(5)12-22-19(25)18(11-14(2)3)24-20(26)23-13-17-9-7-15(4)8-10-17;/h7-10,14,16,18,21H,6,11-13H2,1-5H3,(H,22,25)(H2,23,24,26);1H/t16-,18?;/m1./s1. The lowest BCUT2D eigenvalue weighted by atomic mass is 10.0. The molecule has 0 fully saturated rings.